The fourth-order valence-electron chi connectivity index (χ4n) is 2.80. The lowest BCUT2D eigenvalue weighted by molar-refractivity contribution is -0.149. The van der Waals surface area contributed by atoms with Crippen molar-refractivity contribution in [2.24, 2.45) is 0 Å². The summed E-state index contributed by atoms with van der Waals surface area (Å²) in [6.45, 7) is 2.98. The van der Waals surface area contributed by atoms with Crippen molar-refractivity contribution in [2.75, 3.05) is 18.5 Å². The van der Waals surface area contributed by atoms with Crippen molar-refractivity contribution >= 4 is 29.2 Å². The van der Waals surface area contributed by atoms with Crippen molar-refractivity contribution in [3.8, 4) is 11.5 Å². The van der Waals surface area contributed by atoms with E-state index in [-0.39, 0.29) is 22.9 Å². The third-order valence-corrected chi connectivity index (χ3v) is 4.21. The van der Waals surface area contributed by atoms with Crippen LogP contribution >= 0.6 is 11.6 Å². The normalized spacial score (nSPS) is 14.0. The van der Waals surface area contributed by atoms with Crippen LogP contribution in [0.25, 0.3) is 0 Å². The maximum absolute atomic E-state index is 13.6. The van der Waals surface area contributed by atoms with E-state index in [9.17, 15) is 14.0 Å². The molecule has 0 unspecified atom stereocenters. The number of nitrogens with one attached hydrogen (secondary N) is 1. The first-order valence-electron chi connectivity index (χ1n) is 8.58. The van der Waals surface area contributed by atoms with Gasteiger partial charge in [0, 0.05) is 17.0 Å². The molecule has 28 heavy (non-hydrogen) atoms. The van der Waals surface area contributed by atoms with E-state index >= 15 is 0 Å². The average Bonchev–Trinajstić information content (AvgIpc) is 2.95. The van der Waals surface area contributed by atoms with Gasteiger partial charge >= 0.3 is 5.97 Å². The van der Waals surface area contributed by atoms with E-state index in [0.717, 1.165) is 18.1 Å². The van der Waals surface area contributed by atoms with Crippen molar-refractivity contribution in [3.63, 3.8) is 0 Å². The molecule has 1 N–H and O–H groups in total. The second kappa shape index (κ2) is 8.06. The van der Waals surface area contributed by atoms with Crippen molar-refractivity contribution in [3.05, 3.63) is 52.8 Å². The number of esters is 1. The second-order valence-corrected chi connectivity index (χ2v) is 7.34. The molecule has 2 aromatic carbocycles. The molecule has 1 aliphatic heterocycles. The number of benzene rings is 2. The Kier molecular flexibility index (Phi) is 5.74. The van der Waals surface area contributed by atoms with Crippen LogP contribution in [0.4, 0.5) is 10.1 Å². The van der Waals surface area contributed by atoms with Crippen molar-refractivity contribution in [2.45, 2.75) is 25.9 Å². The van der Waals surface area contributed by atoms with Gasteiger partial charge in [0.1, 0.15) is 11.4 Å². The smallest absolute Gasteiger partial charge is 0.344 e. The lowest BCUT2D eigenvalue weighted by Crippen LogP contribution is -2.25. The van der Waals surface area contributed by atoms with Crippen LogP contribution in [0, 0.1) is 5.82 Å². The quantitative estimate of drug-likeness (QED) is 0.738. The van der Waals surface area contributed by atoms with E-state index in [1.54, 1.807) is 6.07 Å². The molecule has 0 saturated heterocycles. The number of halogens is 2. The molecular weight excluding hydrogens is 389 g/mol. The van der Waals surface area contributed by atoms with Crippen LogP contribution in [0.1, 0.15) is 19.4 Å². The molecule has 0 aliphatic carbocycles. The molecule has 0 aromatic heterocycles. The van der Waals surface area contributed by atoms with Gasteiger partial charge in [0.05, 0.1) is 5.69 Å². The number of anilines is 1. The van der Waals surface area contributed by atoms with E-state index in [1.165, 1.54) is 12.1 Å². The Labute approximate surface area is 166 Å². The van der Waals surface area contributed by atoms with Crippen molar-refractivity contribution in [1.29, 1.82) is 0 Å². The summed E-state index contributed by atoms with van der Waals surface area (Å²) >= 11 is 5.65. The molecule has 0 bridgehead atoms. The summed E-state index contributed by atoms with van der Waals surface area (Å²) in [5.41, 5.74) is 0.610. The van der Waals surface area contributed by atoms with Gasteiger partial charge in [0.15, 0.2) is 24.7 Å². The van der Waals surface area contributed by atoms with Gasteiger partial charge in [0.2, 0.25) is 0 Å². The molecule has 148 valence electrons. The summed E-state index contributed by atoms with van der Waals surface area (Å²) in [5, 5.41) is 2.51. The molecule has 2 aromatic rings. The maximum Gasteiger partial charge on any atom is 0.344 e. The van der Waals surface area contributed by atoms with Crippen LogP contribution in [0.15, 0.2) is 36.4 Å². The Morgan fingerprint density at radius 3 is 2.79 bits per heavy atom. The van der Waals surface area contributed by atoms with Gasteiger partial charge in [-0.25, -0.2) is 9.18 Å². The molecule has 0 atom stereocenters. The maximum atomic E-state index is 13.6. The standard InChI is InChI=1S/C20H19ClFNO5/c1-20(2)9-12-4-3-5-16(19(12)28-20)26-11-18(25)27-10-17(24)23-15-7-6-13(21)8-14(15)22/h3-8H,9-11H2,1-2H3,(H,23,24). The lowest BCUT2D eigenvalue weighted by Gasteiger charge is -2.18. The molecule has 1 aliphatic rings. The lowest BCUT2D eigenvalue weighted by atomic mass is 10.0. The molecular formula is C20H19ClFNO5. The number of hydrogen-bond acceptors (Lipinski definition) is 5. The Morgan fingerprint density at radius 1 is 1.25 bits per heavy atom. The van der Waals surface area contributed by atoms with Crippen LogP contribution in [0.5, 0.6) is 11.5 Å². The second-order valence-electron chi connectivity index (χ2n) is 6.90. The topological polar surface area (TPSA) is 73.9 Å². The van der Waals surface area contributed by atoms with Crippen LogP contribution in [0.3, 0.4) is 0 Å². The number of ether oxygens (including phenoxy) is 3. The van der Waals surface area contributed by atoms with Crippen LogP contribution < -0.4 is 14.8 Å². The molecule has 0 saturated carbocycles. The number of amides is 1. The van der Waals surface area contributed by atoms with Crippen molar-refractivity contribution in [1.82, 2.24) is 0 Å². The summed E-state index contributed by atoms with van der Waals surface area (Å²) in [7, 11) is 0. The van der Waals surface area contributed by atoms with E-state index in [0.29, 0.717) is 11.5 Å². The van der Waals surface area contributed by atoms with Crippen LogP contribution in [-0.4, -0.2) is 30.7 Å². The SMILES string of the molecule is CC1(C)Cc2cccc(OCC(=O)OCC(=O)Nc3ccc(Cl)cc3F)c2O1. The molecule has 0 spiro atoms. The predicted octanol–water partition coefficient (Wildman–Crippen LogP) is 3.75. The summed E-state index contributed by atoms with van der Waals surface area (Å²) in [4.78, 5) is 23.7. The summed E-state index contributed by atoms with van der Waals surface area (Å²) in [5.74, 6) is -1.05. The molecule has 3 rings (SSSR count). The fraction of sp³-hybridized carbons (Fsp3) is 0.300. The number of para-hydroxylation sites is 1. The van der Waals surface area contributed by atoms with Gasteiger partial charge in [-0.1, -0.05) is 23.7 Å². The van der Waals surface area contributed by atoms with Crippen LogP contribution in [0.2, 0.25) is 5.02 Å². The van der Waals surface area contributed by atoms with Gasteiger partial charge in [-0.2, -0.15) is 0 Å². The first-order chi connectivity index (χ1) is 13.2. The minimum absolute atomic E-state index is 0.0543. The van der Waals surface area contributed by atoms with Gasteiger partial charge < -0.3 is 19.5 Å². The highest BCUT2D eigenvalue weighted by molar-refractivity contribution is 6.30. The molecule has 1 amide bonds. The first-order valence-corrected chi connectivity index (χ1v) is 8.95. The first kappa shape index (κ1) is 19.9. The zero-order chi connectivity index (χ0) is 20.3. The molecule has 8 heteroatoms. The molecule has 6 nitrogen and oxygen atoms in total. The average molecular weight is 408 g/mol. The highest BCUT2D eigenvalue weighted by atomic mass is 35.5. The van der Waals surface area contributed by atoms with E-state index in [2.05, 4.69) is 5.32 Å². The fourth-order valence-corrected chi connectivity index (χ4v) is 2.96. The number of carbonyl (C=O) groups is 2. The number of hydrogen-bond donors (Lipinski definition) is 1. The van der Waals surface area contributed by atoms with Crippen molar-refractivity contribution < 1.29 is 28.2 Å². The number of carbonyl (C=O) groups excluding carboxylic acids is 2. The largest absolute Gasteiger partial charge is 0.483 e. The summed E-state index contributed by atoms with van der Waals surface area (Å²) < 4.78 is 29.8. The molecule has 0 radical (unpaired) electrons. The van der Waals surface area contributed by atoms with Gasteiger partial charge in [-0.15, -0.1) is 0 Å². The van der Waals surface area contributed by atoms with E-state index in [1.807, 2.05) is 26.0 Å². The number of fused-ring (bicyclic) bond motifs is 1. The van der Waals surface area contributed by atoms with Gasteiger partial charge in [0.25, 0.3) is 5.91 Å². The predicted molar refractivity (Wildman–Crippen MR) is 101 cm³/mol. The third kappa shape index (κ3) is 4.92. The number of rotatable bonds is 6. The highest BCUT2D eigenvalue weighted by Gasteiger charge is 2.32. The summed E-state index contributed by atoms with van der Waals surface area (Å²) in [6.07, 6.45) is 0.741. The van der Waals surface area contributed by atoms with E-state index in [4.69, 9.17) is 25.8 Å². The zero-order valence-corrected chi connectivity index (χ0v) is 16.1. The van der Waals surface area contributed by atoms with E-state index < -0.39 is 24.3 Å². The Hall–Kier alpha value is -2.80. The molecule has 0 fully saturated rings. The monoisotopic (exact) mass is 407 g/mol. The zero-order valence-electron chi connectivity index (χ0n) is 15.4. The Bertz CT molecular complexity index is 915. The van der Waals surface area contributed by atoms with Gasteiger partial charge in [-0.05, 0) is 38.1 Å². The summed E-state index contributed by atoms with van der Waals surface area (Å²) in [6, 6.07) is 9.27. The third-order valence-electron chi connectivity index (χ3n) is 3.97. The minimum atomic E-state index is -0.735. The minimum Gasteiger partial charge on any atom is -0.483 e. The molecule has 1 heterocycles. The van der Waals surface area contributed by atoms with Gasteiger partial charge in [-0.3, -0.25) is 4.79 Å². The van der Waals surface area contributed by atoms with Crippen LogP contribution in [-0.2, 0) is 20.7 Å². The Morgan fingerprint density at radius 2 is 2.04 bits per heavy atom. The highest BCUT2D eigenvalue weighted by Crippen LogP contribution is 2.41. The Balaban J connectivity index is 1.48.